The molecule has 0 fully saturated rings. The first-order valence-corrected chi connectivity index (χ1v) is 7.93. The van der Waals surface area contributed by atoms with E-state index in [0.717, 1.165) is 0 Å². The molecule has 0 radical (unpaired) electrons. The Balaban J connectivity index is 4.07. The quantitative estimate of drug-likeness (QED) is 0.225. The predicted molar refractivity (Wildman–Crippen MR) is 58.6 cm³/mol. The maximum absolute atomic E-state index is 10.3. The lowest BCUT2D eigenvalue weighted by Gasteiger charge is -2.22. The fourth-order valence-electron chi connectivity index (χ4n) is 0.992. The van der Waals surface area contributed by atoms with Crippen molar-refractivity contribution in [1.29, 1.82) is 0 Å². The molecule has 3 atom stereocenters. The summed E-state index contributed by atoms with van der Waals surface area (Å²) < 4.78 is 28.5. The van der Waals surface area contributed by atoms with Gasteiger partial charge in [-0.15, -0.1) is 0 Å². The smallest absolute Gasteiger partial charge is 0.390 e. The van der Waals surface area contributed by atoms with E-state index in [1.54, 1.807) is 0 Å². The lowest BCUT2D eigenvalue weighted by molar-refractivity contribution is -0.0801. The van der Waals surface area contributed by atoms with Gasteiger partial charge >= 0.3 is 15.6 Å². The number of aliphatic hydroxyl groups excluding tert-OH is 3. The van der Waals surface area contributed by atoms with Gasteiger partial charge < -0.3 is 34.9 Å². The van der Waals surface area contributed by atoms with Gasteiger partial charge in [0.2, 0.25) is 0 Å². The topological polar surface area (TPSA) is 194 Å². The van der Waals surface area contributed by atoms with Crippen LogP contribution in [0.25, 0.3) is 0 Å². The zero-order chi connectivity index (χ0) is 15.3. The van der Waals surface area contributed by atoms with Crippen LogP contribution in [0, 0.1) is 0 Å². The van der Waals surface area contributed by atoms with E-state index in [2.05, 4.69) is 9.05 Å². The Morgan fingerprint density at radius 2 is 1.32 bits per heavy atom. The van der Waals surface area contributed by atoms with E-state index < -0.39 is 53.6 Å². The van der Waals surface area contributed by atoms with Crippen molar-refractivity contribution in [3.63, 3.8) is 0 Å². The Morgan fingerprint density at radius 3 is 1.74 bits per heavy atom. The van der Waals surface area contributed by atoms with Gasteiger partial charge in [0.25, 0.3) is 0 Å². The van der Waals surface area contributed by atoms with Crippen molar-refractivity contribution in [2.24, 2.45) is 0 Å². The SMILES string of the molecule is O=P(O)(O)OCC[C@@H](O)[C@@H](O)[C@H](O)COP(=O)(O)O. The second-order valence-corrected chi connectivity index (χ2v) is 6.00. The zero-order valence-electron chi connectivity index (χ0n) is 9.51. The minimum atomic E-state index is -4.81. The van der Waals surface area contributed by atoms with Gasteiger partial charge in [0.15, 0.2) is 0 Å². The van der Waals surface area contributed by atoms with E-state index in [4.69, 9.17) is 19.6 Å². The highest BCUT2D eigenvalue weighted by atomic mass is 31.2. The summed E-state index contributed by atoms with van der Waals surface area (Å²) in [5.41, 5.74) is 0. The average Bonchev–Trinajstić information content (AvgIpc) is 2.21. The number of hydrogen-bond donors (Lipinski definition) is 7. The molecule has 0 aliphatic heterocycles. The van der Waals surface area contributed by atoms with Crippen molar-refractivity contribution in [2.75, 3.05) is 13.2 Å². The summed E-state index contributed by atoms with van der Waals surface area (Å²) in [6, 6.07) is 0. The molecule has 0 bridgehead atoms. The zero-order valence-corrected chi connectivity index (χ0v) is 11.3. The standard InChI is InChI=1S/C6H16O11P2/c7-4(1-2-16-18(10,11)12)6(9)5(8)3-17-19(13,14)15/h4-9H,1-3H2,(H2,10,11,12)(H2,13,14,15)/t4-,5-,6-/m1/s1. The van der Waals surface area contributed by atoms with Crippen LogP contribution in [0.2, 0.25) is 0 Å². The first kappa shape index (κ1) is 19.1. The summed E-state index contributed by atoms with van der Waals surface area (Å²) >= 11 is 0. The lowest BCUT2D eigenvalue weighted by Crippen LogP contribution is -2.40. The number of aliphatic hydroxyl groups is 3. The van der Waals surface area contributed by atoms with Crippen LogP contribution in [-0.2, 0) is 18.2 Å². The molecule has 0 aliphatic carbocycles. The van der Waals surface area contributed by atoms with Crippen LogP contribution in [0.3, 0.4) is 0 Å². The van der Waals surface area contributed by atoms with E-state index in [9.17, 15) is 24.4 Å². The van der Waals surface area contributed by atoms with Crippen LogP contribution in [0.5, 0.6) is 0 Å². The van der Waals surface area contributed by atoms with Crippen molar-refractivity contribution < 1.29 is 53.1 Å². The molecule has 0 unspecified atom stereocenters. The Morgan fingerprint density at radius 1 is 0.842 bits per heavy atom. The average molecular weight is 326 g/mol. The van der Waals surface area contributed by atoms with Crippen molar-refractivity contribution in [3.05, 3.63) is 0 Å². The van der Waals surface area contributed by atoms with Gasteiger partial charge in [-0.05, 0) is 6.42 Å². The second kappa shape index (κ2) is 7.77. The van der Waals surface area contributed by atoms with Gasteiger partial charge in [-0.25, -0.2) is 9.13 Å². The van der Waals surface area contributed by atoms with Crippen LogP contribution >= 0.6 is 15.6 Å². The largest absolute Gasteiger partial charge is 0.469 e. The van der Waals surface area contributed by atoms with Crippen LogP contribution in [0.15, 0.2) is 0 Å². The molecule has 0 saturated heterocycles. The first-order valence-electron chi connectivity index (χ1n) is 4.87. The molecule has 11 nitrogen and oxygen atoms in total. The fourth-order valence-corrected chi connectivity index (χ4v) is 1.68. The lowest BCUT2D eigenvalue weighted by atomic mass is 10.1. The minimum absolute atomic E-state index is 0.417. The predicted octanol–water partition coefficient (Wildman–Crippen LogP) is -2.32. The number of phosphoric ester groups is 2. The summed E-state index contributed by atoms with van der Waals surface area (Å²) in [5.74, 6) is 0. The van der Waals surface area contributed by atoms with Crippen LogP contribution in [0.1, 0.15) is 6.42 Å². The molecule has 0 aliphatic rings. The molecule has 0 saturated carbocycles. The molecule has 19 heavy (non-hydrogen) atoms. The summed E-state index contributed by atoms with van der Waals surface area (Å²) in [5, 5.41) is 27.9. The number of phosphoric acid groups is 2. The Hall–Kier alpha value is 0.1000. The third-order valence-corrected chi connectivity index (χ3v) is 2.88. The van der Waals surface area contributed by atoms with Gasteiger partial charge in [0, 0.05) is 0 Å². The van der Waals surface area contributed by atoms with Gasteiger partial charge in [0.1, 0.15) is 12.2 Å². The number of rotatable bonds is 9. The third-order valence-electron chi connectivity index (χ3n) is 1.87. The minimum Gasteiger partial charge on any atom is -0.390 e. The number of hydrogen-bond acceptors (Lipinski definition) is 7. The molecule has 0 amide bonds. The Bertz CT molecular complexity index is 347. The highest BCUT2D eigenvalue weighted by molar-refractivity contribution is 7.46. The molecule has 7 N–H and O–H groups in total. The van der Waals surface area contributed by atoms with Crippen molar-refractivity contribution in [1.82, 2.24) is 0 Å². The summed E-state index contributed by atoms with van der Waals surface area (Å²) in [6.07, 6.45) is -5.66. The first-order chi connectivity index (χ1) is 8.42. The maximum Gasteiger partial charge on any atom is 0.469 e. The molecule has 0 spiro atoms. The second-order valence-electron chi connectivity index (χ2n) is 3.52. The molecule has 0 heterocycles. The van der Waals surface area contributed by atoms with E-state index in [1.807, 2.05) is 0 Å². The highest BCUT2D eigenvalue weighted by Gasteiger charge is 2.28. The van der Waals surface area contributed by atoms with Gasteiger partial charge in [-0.2, -0.15) is 0 Å². The normalized spacial score (nSPS) is 18.1. The summed E-state index contributed by atoms with van der Waals surface area (Å²) in [4.78, 5) is 33.4. The molecular weight excluding hydrogens is 310 g/mol. The molecule has 0 aromatic rings. The van der Waals surface area contributed by atoms with Gasteiger partial charge in [-0.3, -0.25) is 9.05 Å². The maximum atomic E-state index is 10.3. The molecule has 0 rings (SSSR count). The molecule has 0 aromatic carbocycles. The Kier molecular flexibility index (Phi) is 7.81. The third kappa shape index (κ3) is 10.5. The molecule has 13 heteroatoms. The fraction of sp³-hybridized carbons (Fsp3) is 1.00. The molecular formula is C6H16O11P2. The summed E-state index contributed by atoms with van der Waals surface area (Å²) in [7, 11) is -9.51. The van der Waals surface area contributed by atoms with Crippen LogP contribution in [-0.4, -0.2) is 66.4 Å². The van der Waals surface area contributed by atoms with Crippen molar-refractivity contribution in [2.45, 2.75) is 24.7 Å². The van der Waals surface area contributed by atoms with Gasteiger partial charge in [-0.1, -0.05) is 0 Å². The van der Waals surface area contributed by atoms with Crippen LogP contribution in [0.4, 0.5) is 0 Å². The molecule has 0 aromatic heterocycles. The van der Waals surface area contributed by atoms with Gasteiger partial charge in [0.05, 0.1) is 19.3 Å². The van der Waals surface area contributed by atoms with Crippen molar-refractivity contribution >= 4 is 15.6 Å². The van der Waals surface area contributed by atoms with Crippen LogP contribution < -0.4 is 0 Å². The van der Waals surface area contributed by atoms with E-state index in [-0.39, 0.29) is 0 Å². The van der Waals surface area contributed by atoms with E-state index >= 15 is 0 Å². The van der Waals surface area contributed by atoms with E-state index in [0.29, 0.717) is 0 Å². The molecule has 116 valence electrons. The Labute approximate surface area is 107 Å². The highest BCUT2D eigenvalue weighted by Crippen LogP contribution is 2.36. The summed E-state index contributed by atoms with van der Waals surface area (Å²) in [6.45, 7) is -1.52. The monoisotopic (exact) mass is 326 g/mol. The van der Waals surface area contributed by atoms with Crippen molar-refractivity contribution in [3.8, 4) is 0 Å². The van der Waals surface area contributed by atoms with E-state index in [1.165, 1.54) is 0 Å².